The Labute approximate surface area is 172 Å². The van der Waals surface area contributed by atoms with E-state index in [0.29, 0.717) is 40.5 Å². The van der Waals surface area contributed by atoms with Gasteiger partial charge in [0.1, 0.15) is 5.56 Å². The van der Waals surface area contributed by atoms with E-state index in [2.05, 4.69) is 10.3 Å². The van der Waals surface area contributed by atoms with Crippen molar-refractivity contribution in [2.24, 2.45) is 0 Å². The fraction of sp³-hybridized carbons (Fsp3) is 0.273. The van der Waals surface area contributed by atoms with Crippen molar-refractivity contribution in [3.8, 4) is 23.0 Å². The van der Waals surface area contributed by atoms with Crippen LogP contribution in [0.1, 0.15) is 29.3 Å². The van der Waals surface area contributed by atoms with Gasteiger partial charge in [-0.2, -0.15) is 0 Å². The molecule has 156 valence electrons. The third kappa shape index (κ3) is 3.76. The van der Waals surface area contributed by atoms with Gasteiger partial charge in [-0.15, -0.1) is 0 Å². The maximum atomic E-state index is 12.7. The van der Waals surface area contributed by atoms with Gasteiger partial charge in [0.05, 0.1) is 19.2 Å². The maximum absolute atomic E-state index is 12.7. The number of ether oxygens (including phenoxy) is 4. The van der Waals surface area contributed by atoms with Crippen LogP contribution >= 0.6 is 0 Å². The third-order valence-corrected chi connectivity index (χ3v) is 4.74. The van der Waals surface area contributed by atoms with Gasteiger partial charge in [-0.3, -0.25) is 9.59 Å². The molecule has 0 saturated carbocycles. The van der Waals surface area contributed by atoms with Gasteiger partial charge in [-0.1, -0.05) is 13.0 Å². The number of benzene rings is 2. The number of carbonyl (C=O) groups excluding carboxylic acids is 1. The van der Waals surface area contributed by atoms with Crippen molar-refractivity contribution in [2.45, 2.75) is 19.9 Å². The van der Waals surface area contributed by atoms with Crippen LogP contribution in [-0.2, 0) is 6.54 Å². The molecule has 30 heavy (non-hydrogen) atoms. The smallest absolute Gasteiger partial charge is 0.261 e. The third-order valence-electron chi connectivity index (χ3n) is 4.74. The molecule has 1 amide bonds. The number of methoxy groups -OCH3 is 1. The molecule has 2 aromatic carbocycles. The first kappa shape index (κ1) is 19.6. The van der Waals surface area contributed by atoms with E-state index in [9.17, 15) is 9.59 Å². The van der Waals surface area contributed by atoms with E-state index in [0.717, 1.165) is 12.0 Å². The van der Waals surface area contributed by atoms with Gasteiger partial charge in [0, 0.05) is 11.9 Å². The van der Waals surface area contributed by atoms with Crippen LogP contribution in [-0.4, -0.2) is 31.4 Å². The Morgan fingerprint density at radius 3 is 2.80 bits per heavy atom. The van der Waals surface area contributed by atoms with Crippen molar-refractivity contribution in [3.63, 3.8) is 0 Å². The Kier molecular flexibility index (Phi) is 5.47. The first-order chi connectivity index (χ1) is 14.6. The summed E-state index contributed by atoms with van der Waals surface area (Å²) in [5, 5.41) is 3.45. The number of aromatic amines is 1. The molecule has 1 aromatic heterocycles. The first-order valence-electron chi connectivity index (χ1n) is 9.64. The van der Waals surface area contributed by atoms with Crippen LogP contribution in [0.25, 0.3) is 10.9 Å². The highest BCUT2D eigenvalue weighted by molar-refractivity contribution is 5.98. The van der Waals surface area contributed by atoms with Crippen LogP contribution in [0.5, 0.6) is 23.0 Å². The molecule has 0 atom stereocenters. The molecule has 3 aromatic rings. The van der Waals surface area contributed by atoms with Crippen LogP contribution in [0.4, 0.5) is 0 Å². The molecule has 0 unspecified atom stereocenters. The molecule has 0 bridgehead atoms. The lowest BCUT2D eigenvalue weighted by Crippen LogP contribution is -2.29. The first-order valence-corrected chi connectivity index (χ1v) is 9.64. The second kappa shape index (κ2) is 8.36. The van der Waals surface area contributed by atoms with Crippen molar-refractivity contribution < 1.29 is 23.7 Å². The zero-order valence-corrected chi connectivity index (χ0v) is 16.7. The summed E-state index contributed by atoms with van der Waals surface area (Å²) in [4.78, 5) is 28.0. The molecule has 1 aliphatic heterocycles. The lowest BCUT2D eigenvalue weighted by atomic mass is 10.1. The fourth-order valence-corrected chi connectivity index (χ4v) is 3.24. The highest BCUT2D eigenvalue weighted by Gasteiger charge is 2.17. The van der Waals surface area contributed by atoms with Gasteiger partial charge < -0.3 is 29.2 Å². The Bertz CT molecular complexity index is 1150. The Morgan fingerprint density at radius 1 is 1.17 bits per heavy atom. The quantitative estimate of drug-likeness (QED) is 0.621. The van der Waals surface area contributed by atoms with E-state index in [1.807, 2.05) is 13.0 Å². The highest BCUT2D eigenvalue weighted by Crippen LogP contribution is 2.34. The second-order valence-electron chi connectivity index (χ2n) is 6.79. The van der Waals surface area contributed by atoms with Crippen molar-refractivity contribution in [2.75, 3.05) is 20.5 Å². The monoisotopic (exact) mass is 410 g/mol. The van der Waals surface area contributed by atoms with Gasteiger partial charge in [0.15, 0.2) is 23.0 Å². The summed E-state index contributed by atoms with van der Waals surface area (Å²) >= 11 is 0. The molecule has 0 fully saturated rings. The summed E-state index contributed by atoms with van der Waals surface area (Å²) in [6.45, 7) is 2.91. The predicted octanol–water partition coefficient (Wildman–Crippen LogP) is 2.98. The molecular weight excluding hydrogens is 388 g/mol. The maximum Gasteiger partial charge on any atom is 0.261 e. The van der Waals surface area contributed by atoms with Crippen LogP contribution < -0.4 is 29.8 Å². The van der Waals surface area contributed by atoms with Gasteiger partial charge in [0.25, 0.3) is 11.5 Å². The minimum atomic E-state index is -0.500. The SMILES string of the molecule is CCCOc1c(OC)ccc2cc(C(=O)NCc3ccc4c(c3)OCO4)c(=O)[nH]c12. The van der Waals surface area contributed by atoms with Gasteiger partial charge in [-0.05, 0) is 42.3 Å². The van der Waals surface area contributed by atoms with Crippen LogP contribution in [0, 0.1) is 0 Å². The van der Waals surface area contributed by atoms with Gasteiger partial charge in [0.2, 0.25) is 6.79 Å². The number of hydrogen-bond donors (Lipinski definition) is 2. The lowest BCUT2D eigenvalue weighted by molar-refractivity contribution is 0.0949. The van der Waals surface area contributed by atoms with Crippen molar-refractivity contribution in [1.29, 1.82) is 0 Å². The summed E-state index contributed by atoms with van der Waals surface area (Å²) in [5.74, 6) is 1.82. The zero-order valence-electron chi connectivity index (χ0n) is 16.7. The minimum Gasteiger partial charge on any atom is -0.493 e. The number of aromatic nitrogens is 1. The second-order valence-corrected chi connectivity index (χ2v) is 6.79. The highest BCUT2D eigenvalue weighted by atomic mass is 16.7. The standard InChI is InChI=1S/C22H22N2O6/c1-3-8-28-20-17(27-2)7-5-14-10-15(22(26)24-19(14)20)21(25)23-11-13-4-6-16-18(9-13)30-12-29-16/h4-7,9-10H,3,8,11-12H2,1-2H3,(H,23,25)(H,24,26). The lowest BCUT2D eigenvalue weighted by Gasteiger charge is -2.13. The Hall–Kier alpha value is -3.68. The summed E-state index contributed by atoms with van der Waals surface area (Å²) in [7, 11) is 1.54. The van der Waals surface area contributed by atoms with Gasteiger partial charge >= 0.3 is 0 Å². The van der Waals surface area contributed by atoms with Crippen molar-refractivity contribution >= 4 is 16.8 Å². The topological polar surface area (TPSA) is 98.9 Å². The molecule has 8 heteroatoms. The Morgan fingerprint density at radius 2 is 2.00 bits per heavy atom. The van der Waals surface area contributed by atoms with E-state index in [1.165, 1.54) is 7.11 Å². The molecule has 2 heterocycles. The summed E-state index contributed by atoms with van der Waals surface area (Å²) in [5.41, 5.74) is 0.861. The molecule has 8 nitrogen and oxygen atoms in total. The van der Waals surface area contributed by atoms with Crippen molar-refractivity contribution in [1.82, 2.24) is 10.3 Å². The average molecular weight is 410 g/mol. The predicted molar refractivity (Wildman–Crippen MR) is 111 cm³/mol. The van der Waals surface area contributed by atoms with E-state index < -0.39 is 11.5 Å². The number of H-pyrrole nitrogens is 1. The number of hydrogen-bond acceptors (Lipinski definition) is 6. The molecule has 4 rings (SSSR count). The molecule has 0 spiro atoms. The number of rotatable bonds is 7. The molecule has 2 N–H and O–H groups in total. The summed E-state index contributed by atoms with van der Waals surface area (Å²) in [6.07, 6.45) is 0.810. The number of carbonyl (C=O) groups is 1. The number of nitrogens with one attached hydrogen (secondary N) is 2. The average Bonchev–Trinajstić information content (AvgIpc) is 3.23. The zero-order chi connectivity index (χ0) is 21.1. The Balaban J connectivity index is 1.58. The largest absolute Gasteiger partial charge is 0.493 e. The summed E-state index contributed by atoms with van der Waals surface area (Å²) in [6, 6.07) is 10.5. The number of pyridine rings is 1. The van der Waals surface area contributed by atoms with Crippen LogP contribution in [0.3, 0.4) is 0 Å². The van der Waals surface area contributed by atoms with E-state index >= 15 is 0 Å². The molecule has 0 radical (unpaired) electrons. The van der Waals surface area contributed by atoms with E-state index in [4.69, 9.17) is 18.9 Å². The summed E-state index contributed by atoms with van der Waals surface area (Å²) < 4.78 is 21.7. The fourth-order valence-electron chi connectivity index (χ4n) is 3.24. The van der Waals surface area contributed by atoms with E-state index in [-0.39, 0.29) is 18.9 Å². The molecule has 1 aliphatic rings. The van der Waals surface area contributed by atoms with Gasteiger partial charge in [-0.25, -0.2) is 0 Å². The number of fused-ring (bicyclic) bond motifs is 2. The van der Waals surface area contributed by atoms with E-state index in [1.54, 1.807) is 30.3 Å². The molecular formula is C22H22N2O6. The van der Waals surface area contributed by atoms with Crippen LogP contribution in [0.2, 0.25) is 0 Å². The molecule has 0 aliphatic carbocycles. The normalized spacial score (nSPS) is 12.1. The molecule has 0 saturated heterocycles. The van der Waals surface area contributed by atoms with Crippen molar-refractivity contribution in [3.05, 3.63) is 57.9 Å². The number of amides is 1. The minimum absolute atomic E-state index is 0.0230. The van der Waals surface area contributed by atoms with Crippen LogP contribution in [0.15, 0.2) is 41.2 Å².